The van der Waals surface area contributed by atoms with Crippen molar-refractivity contribution < 1.29 is 23.9 Å². The number of ether oxygens (including phenoxy) is 2. The fraction of sp³-hybridized carbons (Fsp3) is 0.455. The third-order valence-electron chi connectivity index (χ3n) is 6.49. The SMILES string of the molecule is O=C(COc1c(Cl)cc(C=NN2C(=O)[C@@H]3[C@H](C2=O)[C@H]2C=C[C@H]3C2)cc1Br)N1CCOCC1. The number of rotatable bonds is 5. The van der Waals surface area contributed by atoms with Crippen molar-refractivity contribution in [2.24, 2.45) is 28.8 Å². The molecule has 2 aliphatic heterocycles. The summed E-state index contributed by atoms with van der Waals surface area (Å²) < 4.78 is 11.4. The third-order valence-corrected chi connectivity index (χ3v) is 7.36. The molecule has 168 valence electrons. The number of halogens is 2. The highest BCUT2D eigenvalue weighted by Gasteiger charge is 2.59. The molecule has 1 saturated carbocycles. The molecule has 10 heteroatoms. The molecule has 0 radical (unpaired) electrons. The van der Waals surface area contributed by atoms with Crippen molar-refractivity contribution in [3.05, 3.63) is 39.3 Å². The first-order valence-corrected chi connectivity index (χ1v) is 11.7. The molecule has 8 nitrogen and oxygen atoms in total. The van der Waals surface area contributed by atoms with Gasteiger partial charge in [0.05, 0.1) is 40.8 Å². The molecule has 1 aromatic rings. The van der Waals surface area contributed by atoms with Gasteiger partial charge in [0.25, 0.3) is 17.7 Å². The van der Waals surface area contributed by atoms with E-state index in [0.29, 0.717) is 42.1 Å². The Morgan fingerprint density at radius 2 is 1.84 bits per heavy atom. The highest BCUT2D eigenvalue weighted by molar-refractivity contribution is 9.10. The molecule has 4 aliphatic rings. The van der Waals surface area contributed by atoms with Crippen molar-refractivity contribution in [3.8, 4) is 5.75 Å². The topological polar surface area (TPSA) is 88.5 Å². The first kappa shape index (κ1) is 21.6. The van der Waals surface area contributed by atoms with Crippen LogP contribution in [0.5, 0.6) is 5.75 Å². The summed E-state index contributed by atoms with van der Waals surface area (Å²) in [6.07, 6.45) is 6.40. The number of carbonyl (C=O) groups excluding carboxylic acids is 3. The zero-order chi connectivity index (χ0) is 22.4. The number of benzene rings is 1. The van der Waals surface area contributed by atoms with E-state index in [1.54, 1.807) is 17.0 Å². The number of morpholine rings is 1. The molecule has 1 aromatic carbocycles. The van der Waals surface area contributed by atoms with Crippen LogP contribution in [0.4, 0.5) is 0 Å². The van der Waals surface area contributed by atoms with Crippen molar-refractivity contribution in [2.45, 2.75) is 6.42 Å². The van der Waals surface area contributed by atoms with E-state index in [9.17, 15) is 14.4 Å². The van der Waals surface area contributed by atoms with Gasteiger partial charge >= 0.3 is 0 Å². The summed E-state index contributed by atoms with van der Waals surface area (Å²) >= 11 is 9.78. The van der Waals surface area contributed by atoms with Crippen LogP contribution in [0.15, 0.2) is 33.9 Å². The minimum Gasteiger partial charge on any atom is -0.481 e. The number of amides is 3. The molecule has 3 amide bonds. The molecule has 2 heterocycles. The zero-order valence-corrected chi connectivity index (χ0v) is 19.4. The maximum absolute atomic E-state index is 12.7. The van der Waals surface area contributed by atoms with Gasteiger partial charge in [-0.2, -0.15) is 10.1 Å². The molecule has 0 unspecified atom stereocenters. The molecule has 0 spiro atoms. The van der Waals surface area contributed by atoms with E-state index in [1.807, 2.05) is 12.2 Å². The number of fused-ring (bicyclic) bond motifs is 5. The fourth-order valence-electron chi connectivity index (χ4n) is 4.95. The predicted molar refractivity (Wildman–Crippen MR) is 119 cm³/mol. The Kier molecular flexibility index (Phi) is 5.81. The Balaban J connectivity index is 1.25. The van der Waals surface area contributed by atoms with Gasteiger partial charge in [0.2, 0.25) is 0 Å². The highest BCUT2D eigenvalue weighted by atomic mass is 79.9. The van der Waals surface area contributed by atoms with Gasteiger partial charge in [-0.15, -0.1) is 0 Å². The van der Waals surface area contributed by atoms with Crippen LogP contribution < -0.4 is 4.74 Å². The number of hydrogen-bond donors (Lipinski definition) is 0. The Bertz CT molecular complexity index is 985. The average Bonchev–Trinajstić information content (AvgIpc) is 3.46. The van der Waals surface area contributed by atoms with E-state index < -0.39 is 0 Å². The van der Waals surface area contributed by atoms with Gasteiger partial charge in [-0.1, -0.05) is 23.8 Å². The van der Waals surface area contributed by atoms with Crippen LogP contribution in [0.1, 0.15) is 12.0 Å². The summed E-state index contributed by atoms with van der Waals surface area (Å²) in [4.78, 5) is 39.5. The lowest BCUT2D eigenvalue weighted by atomic mass is 9.85. The molecule has 5 rings (SSSR count). The molecule has 3 fully saturated rings. The summed E-state index contributed by atoms with van der Waals surface area (Å²) in [6, 6.07) is 3.32. The largest absolute Gasteiger partial charge is 0.481 e. The van der Waals surface area contributed by atoms with E-state index in [1.165, 1.54) is 6.21 Å². The maximum Gasteiger partial charge on any atom is 0.260 e. The van der Waals surface area contributed by atoms with Gasteiger partial charge in [-0.3, -0.25) is 14.4 Å². The first-order valence-electron chi connectivity index (χ1n) is 10.5. The highest BCUT2D eigenvalue weighted by Crippen LogP contribution is 2.52. The van der Waals surface area contributed by atoms with Crippen LogP contribution in [0, 0.1) is 23.7 Å². The van der Waals surface area contributed by atoms with E-state index in [-0.39, 0.29) is 53.0 Å². The second kappa shape index (κ2) is 8.61. The fourth-order valence-corrected chi connectivity index (χ4v) is 5.94. The lowest BCUT2D eigenvalue weighted by Crippen LogP contribution is -2.43. The number of imide groups is 1. The summed E-state index contributed by atoms with van der Waals surface area (Å²) in [5.74, 6) is -0.559. The maximum atomic E-state index is 12.7. The van der Waals surface area contributed by atoms with Gasteiger partial charge < -0.3 is 14.4 Å². The molecule has 2 bridgehead atoms. The predicted octanol–water partition coefficient (Wildman–Crippen LogP) is 2.48. The smallest absolute Gasteiger partial charge is 0.260 e. The van der Waals surface area contributed by atoms with Crippen molar-refractivity contribution in [3.63, 3.8) is 0 Å². The van der Waals surface area contributed by atoms with Gasteiger partial charge in [-0.25, -0.2) is 0 Å². The van der Waals surface area contributed by atoms with Crippen LogP contribution >= 0.6 is 27.5 Å². The van der Waals surface area contributed by atoms with Gasteiger partial charge in [0, 0.05) is 13.1 Å². The molecule has 2 aliphatic carbocycles. The van der Waals surface area contributed by atoms with E-state index >= 15 is 0 Å². The van der Waals surface area contributed by atoms with Crippen LogP contribution in [0.2, 0.25) is 5.02 Å². The Labute approximate surface area is 198 Å². The number of hydrazone groups is 1. The zero-order valence-electron chi connectivity index (χ0n) is 17.1. The molecule has 32 heavy (non-hydrogen) atoms. The van der Waals surface area contributed by atoms with E-state index in [0.717, 1.165) is 11.4 Å². The van der Waals surface area contributed by atoms with Crippen molar-refractivity contribution in [1.82, 2.24) is 9.91 Å². The minimum atomic E-state index is -0.287. The summed E-state index contributed by atoms with van der Waals surface area (Å²) in [7, 11) is 0. The molecule has 4 atom stereocenters. The van der Waals surface area contributed by atoms with Crippen LogP contribution in [-0.4, -0.2) is 66.8 Å². The van der Waals surface area contributed by atoms with Gasteiger partial charge in [0.1, 0.15) is 0 Å². The van der Waals surface area contributed by atoms with E-state index in [2.05, 4.69) is 21.0 Å². The number of hydrogen-bond acceptors (Lipinski definition) is 6. The number of nitrogens with zero attached hydrogens (tertiary/aromatic N) is 3. The molecule has 0 aromatic heterocycles. The minimum absolute atomic E-state index is 0.137. The normalized spacial score (nSPS) is 28.8. The van der Waals surface area contributed by atoms with Crippen LogP contribution in [0.25, 0.3) is 0 Å². The van der Waals surface area contributed by atoms with Crippen molar-refractivity contribution in [2.75, 3.05) is 32.9 Å². The standard InChI is InChI=1S/C22H21BrClN3O5/c23-15-7-12(8-16(24)20(15)32-11-17(28)26-3-5-31-6-4-26)10-25-27-21(29)18-13-1-2-14(9-13)19(18)22(27)30/h1-2,7-8,10,13-14,18-19H,3-6,9,11H2/t13-,14-,18-,19+/m0/s1. The third kappa shape index (κ3) is 3.76. The Morgan fingerprint density at radius 1 is 1.19 bits per heavy atom. The van der Waals surface area contributed by atoms with Crippen molar-refractivity contribution in [1.29, 1.82) is 0 Å². The van der Waals surface area contributed by atoms with Gasteiger partial charge in [-0.05, 0) is 51.9 Å². The monoisotopic (exact) mass is 521 g/mol. The average molecular weight is 523 g/mol. The van der Waals surface area contributed by atoms with Crippen molar-refractivity contribution >= 4 is 51.5 Å². The first-order chi connectivity index (χ1) is 15.4. The summed E-state index contributed by atoms with van der Waals surface area (Å²) in [6.45, 7) is 1.98. The number of carbonyl (C=O) groups is 3. The summed E-state index contributed by atoms with van der Waals surface area (Å²) in [5, 5.41) is 5.45. The molecular weight excluding hydrogens is 502 g/mol. The van der Waals surface area contributed by atoms with E-state index in [4.69, 9.17) is 21.1 Å². The molecule has 2 saturated heterocycles. The Morgan fingerprint density at radius 3 is 2.47 bits per heavy atom. The summed E-state index contributed by atoms with van der Waals surface area (Å²) in [5.41, 5.74) is 0.590. The van der Waals surface area contributed by atoms with Gasteiger partial charge in [0.15, 0.2) is 12.4 Å². The molecule has 0 N–H and O–H groups in total. The second-order valence-electron chi connectivity index (χ2n) is 8.33. The lowest BCUT2D eigenvalue weighted by Gasteiger charge is -2.26. The number of allylic oxidation sites excluding steroid dienone is 2. The molecular formula is C22H21BrClN3O5. The lowest BCUT2D eigenvalue weighted by molar-refractivity contribution is -0.140. The second-order valence-corrected chi connectivity index (χ2v) is 9.59. The van der Waals surface area contributed by atoms with Crippen LogP contribution in [-0.2, 0) is 19.1 Å². The Hall–Kier alpha value is -2.23. The van der Waals surface area contributed by atoms with Crippen LogP contribution in [0.3, 0.4) is 0 Å². The quantitative estimate of drug-likeness (QED) is 0.337.